The van der Waals surface area contributed by atoms with E-state index in [1.165, 1.54) is 31.2 Å². The molecule has 0 aromatic carbocycles. The maximum Gasteiger partial charge on any atom is 0.137 e. The lowest BCUT2D eigenvalue weighted by atomic mass is 10.0. The first-order valence-corrected chi connectivity index (χ1v) is 7.96. The van der Waals surface area contributed by atoms with Crippen molar-refractivity contribution in [3.8, 4) is 0 Å². The van der Waals surface area contributed by atoms with Gasteiger partial charge in [0.2, 0.25) is 0 Å². The summed E-state index contributed by atoms with van der Waals surface area (Å²) >= 11 is 0. The third-order valence-corrected chi connectivity index (χ3v) is 4.19. The SMILES string of the molecule is CCCNc1ncnc(N(C)C2CCCC2)c1C(C)C. The molecule has 0 atom stereocenters. The molecule has 0 aliphatic heterocycles. The zero-order chi connectivity index (χ0) is 14.5. The number of hydrogen-bond acceptors (Lipinski definition) is 4. The third kappa shape index (κ3) is 3.22. The zero-order valence-electron chi connectivity index (χ0n) is 13.3. The highest BCUT2D eigenvalue weighted by Gasteiger charge is 2.25. The monoisotopic (exact) mass is 276 g/mol. The highest BCUT2D eigenvalue weighted by Crippen LogP contribution is 2.34. The Bertz CT molecular complexity index is 424. The molecule has 1 aromatic rings. The molecular weight excluding hydrogens is 248 g/mol. The van der Waals surface area contributed by atoms with Crippen LogP contribution < -0.4 is 10.2 Å². The minimum absolute atomic E-state index is 0.425. The maximum absolute atomic E-state index is 4.59. The van der Waals surface area contributed by atoms with Gasteiger partial charge in [-0.2, -0.15) is 0 Å². The van der Waals surface area contributed by atoms with Crippen molar-refractivity contribution in [1.29, 1.82) is 0 Å². The Morgan fingerprint density at radius 2 is 2.00 bits per heavy atom. The fraction of sp³-hybridized carbons (Fsp3) is 0.750. The number of nitrogens with one attached hydrogen (secondary N) is 1. The quantitative estimate of drug-likeness (QED) is 0.858. The summed E-state index contributed by atoms with van der Waals surface area (Å²) < 4.78 is 0. The Kier molecular flexibility index (Phi) is 5.21. The van der Waals surface area contributed by atoms with Crippen LogP contribution in [-0.2, 0) is 0 Å². The Labute approximate surface area is 123 Å². The van der Waals surface area contributed by atoms with Crippen LogP contribution in [0.5, 0.6) is 0 Å². The van der Waals surface area contributed by atoms with Gasteiger partial charge in [-0.3, -0.25) is 0 Å². The van der Waals surface area contributed by atoms with Gasteiger partial charge in [-0.1, -0.05) is 33.6 Å². The van der Waals surface area contributed by atoms with E-state index in [0.29, 0.717) is 12.0 Å². The second kappa shape index (κ2) is 6.91. The Hall–Kier alpha value is -1.32. The van der Waals surface area contributed by atoms with E-state index < -0.39 is 0 Å². The van der Waals surface area contributed by atoms with E-state index in [0.717, 1.165) is 24.6 Å². The molecule has 0 radical (unpaired) electrons. The number of nitrogens with zero attached hydrogens (tertiary/aromatic N) is 3. The lowest BCUT2D eigenvalue weighted by Gasteiger charge is -2.29. The van der Waals surface area contributed by atoms with E-state index in [2.05, 4.69) is 48.0 Å². The lowest BCUT2D eigenvalue weighted by molar-refractivity contribution is 0.639. The summed E-state index contributed by atoms with van der Waals surface area (Å²) in [7, 11) is 2.19. The summed E-state index contributed by atoms with van der Waals surface area (Å²) in [6.07, 6.45) is 8.07. The van der Waals surface area contributed by atoms with Crippen molar-refractivity contribution in [2.45, 2.75) is 64.8 Å². The molecule has 1 heterocycles. The summed E-state index contributed by atoms with van der Waals surface area (Å²) in [5.74, 6) is 2.55. The lowest BCUT2D eigenvalue weighted by Crippen LogP contribution is -2.31. The van der Waals surface area contributed by atoms with E-state index in [-0.39, 0.29) is 0 Å². The van der Waals surface area contributed by atoms with Gasteiger partial charge < -0.3 is 10.2 Å². The third-order valence-electron chi connectivity index (χ3n) is 4.19. The molecule has 1 saturated carbocycles. The van der Waals surface area contributed by atoms with Gasteiger partial charge in [0.05, 0.1) is 0 Å². The largest absolute Gasteiger partial charge is 0.370 e. The van der Waals surface area contributed by atoms with E-state index in [1.807, 2.05) is 0 Å². The standard InChI is InChI=1S/C16H28N4/c1-5-10-17-15-14(12(2)3)16(19-11-18-15)20(4)13-8-6-7-9-13/h11-13H,5-10H2,1-4H3,(H,17,18,19). The molecular formula is C16H28N4. The van der Waals surface area contributed by atoms with Crippen LogP contribution >= 0.6 is 0 Å². The summed E-state index contributed by atoms with van der Waals surface area (Å²) in [6, 6.07) is 0.640. The molecule has 2 rings (SSSR count). The van der Waals surface area contributed by atoms with Crippen molar-refractivity contribution in [1.82, 2.24) is 9.97 Å². The Morgan fingerprint density at radius 3 is 2.60 bits per heavy atom. The van der Waals surface area contributed by atoms with Crippen LogP contribution in [0.4, 0.5) is 11.6 Å². The minimum Gasteiger partial charge on any atom is -0.370 e. The smallest absolute Gasteiger partial charge is 0.137 e. The van der Waals surface area contributed by atoms with Gasteiger partial charge in [-0.25, -0.2) is 9.97 Å². The molecule has 0 saturated heterocycles. The summed E-state index contributed by atoms with van der Waals surface area (Å²) in [5, 5.41) is 3.45. The van der Waals surface area contributed by atoms with Crippen molar-refractivity contribution >= 4 is 11.6 Å². The van der Waals surface area contributed by atoms with Crippen LogP contribution in [0.2, 0.25) is 0 Å². The molecule has 1 aliphatic rings. The van der Waals surface area contributed by atoms with Crippen LogP contribution in [0.3, 0.4) is 0 Å². The molecule has 4 nitrogen and oxygen atoms in total. The second-order valence-electron chi connectivity index (χ2n) is 6.09. The van der Waals surface area contributed by atoms with Crippen molar-refractivity contribution in [2.75, 3.05) is 23.8 Å². The van der Waals surface area contributed by atoms with E-state index in [1.54, 1.807) is 6.33 Å². The molecule has 4 heteroatoms. The Morgan fingerprint density at radius 1 is 1.30 bits per heavy atom. The van der Waals surface area contributed by atoms with Gasteiger partial charge in [-0.05, 0) is 25.2 Å². The van der Waals surface area contributed by atoms with E-state index in [9.17, 15) is 0 Å². The molecule has 112 valence electrons. The highest BCUT2D eigenvalue weighted by molar-refractivity contribution is 5.60. The van der Waals surface area contributed by atoms with Crippen LogP contribution in [0.15, 0.2) is 6.33 Å². The fourth-order valence-corrected chi connectivity index (χ4v) is 3.05. The molecule has 0 spiro atoms. The van der Waals surface area contributed by atoms with Crippen molar-refractivity contribution in [3.63, 3.8) is 0 Å². The van der Waals surface area contributed by atoms with E-state index >= 15 is 0 Å². The van der Waals surface area contributed by atoms with Gasteiger partial charge in [-0.15, -0.1) is 0 Å². The van der Waals surface area contributed by atoms with Gasteiger partial charge in [0.1, 0.15) is 18.0 Å². The first kappa shape index (κ1) is 15.1. The predicted octanol–water partition coefficient (Wildman–Crippen LogP) is 3.80. The molecule has 1 aliphatic carbocycles. The second-order valence-corrected chi connectivity index (χ2v) is 6.09. The number of anilines is 2. The molecule has 1 fully saturated rings. The van der Waals surface area contributed by atoms with E-state index in [4.69, 9.17) is 0 Å². The van der Waals surface area contributed by atoms with Crippen molar-refractivity contribution in [3.05, 3.63) is 11.9 Å². The number of rotatable bonds is 6. The normalized spacial score (nSPS) is 15.8. The summed E-state index contributed by atoms with van der Waals surface area (Å²) in [6.45, 7) is 7.59. The average Bonchev–Trinajstić information content (AvgIpc) is 2.97. The molecule has 0 amide bonds. The van der Waals surface area contributed by atoms with Gasteiger partial charge >= 0.3 is 0 Å². The fourth-order valence-electron chi connectivity index (χ4n) is 3.05. The zero-order valence-corrected chi connectivity index (χ0v) is 13.3. The first-order chi connectivity index (χ1) is 9.65. The van der Waals surface area contributed by atoms with Crippen LogP contribution in [0.25, 0.3) is 0 Å². The first-order valence-electron chi connectivity index (χ1n) is 7.96. The van der Waals surface area contributed by atoms with Crippen LogP contribution in [0, 0.1) is 0 Å². The van der Waals surface area contributed by atoms with Gasteiger partial charge in [0.25, 0.3) is 0 Å². The van der Waals surface area contributed by atoms with Gasteiger partial charge in [0, 0.05) is 25.2 Å². The Balaban J connectivity index is 2.30. The average molecular weight is 276 g/mol. The van der Waals surface area contributed by atoms with Crippen LogP contribution in [0.1, 0.15) is 64.4 Å². The predicted molar refractivity (Wildman–Crippen MR) is 85.6 cm³/mol. The highest BCUT2D eigenvalue weighted by atomic mass is 15.2. The summed E-state index contributed by atoms with van der Waals surface area (Å²) in [4.78, 5) is 11.4. The minimum atomic E-state index is 0.425. The molecule has 1 N–H and O–H groups in total. The molecule has 1 aromatic heterocycles. The maximum atomic E-state index is 4.59. The molecule has 0 bridgehead atoms. The van der Waals surface area contributed by atoms with Crippen molar-refractivity contribution < 1.29 is 0 Å². The van der Waals surface area contributed by atoms with Gasteiger partial charge in [0.15, 0.2) is 0 Å². The number of hydrogen-bond donors (Lipinski definition) is 1. The molecule has 20 heavy (non-hydrogen) atoms. The molecule has 0 unspecified atom stereocenters. The van der Waals surface area contributed by atoms with Crippen molar-refractivity contribution in [2.24, 2.45) is 0 Å². The van der Waals surface area contributed by atoms with Crippen LogP contribution in [-0.4, -0.2) is 29.6 Å². The number of aromatic nitrogens is 2. The summed E-state index contributed by atoms with van der Waals surface area (Å²) in [5.41, 5.74) is 1.26. The topological polar surface area (TPSA) is 41.1 Å².